The third-order valence-corrected chi connectivity index (χ3v) is 10.7. The van der Waals surface area contributed by atoms with Crippen LogP contribution in [0.2, 0.25) is 0 Å². The fraction of sp³-hybridized carbons (Fsp3) is 0.146. The Labute approximate surface area is 373 Å². The lowest BCUT2D eigenvalue weighted by molar-refractivity contribution is -0.284. The van der Waals surface area contributed by atoms with Crippen molar-refractivity contribution in [1.29, 1.82) is 0 Å². The lowest BCUT2D eigenvalue weighted by Crippen LogP contribution is -2.62. The molecule has 5 aromatic rings. The third kappa shape index (κ3) is 6.80. The first-order chi connectivity index (χ1) is 31.9. The van der Waals surface area contributed by atoms with Gasteiger partial charge in [-0.25, -0.2) is 24.0 Å². The molecule has 0 aromatic heterocycles. The molecule has 0 saturated carbocycles. The fourth-order valence-corrected chi connectivity index (χ4v) is 7.53. The van der Waals surface area contributed by atoms with Crippen LogP contribution in [0.1, 0.15) is 51.8 Å². The highest BCUT2D eigenvalue weighted by molar-refractivity contribution is 6.10. The largest absolute Gasteiger partial charge is 0.504 e. The molecule has 0 radical (unpaired) electrons. The molecule has 8 rings (SSSR count). The van der Waals surface area contributed by atoms with E-state index in [2.05, 4.69) is 0 Å². The minimum absolute atomic E-state index is 0.376. The molecule has 3 heterocycles. The van der Waals surface area contributed by atoms with Gasteiger partial charge in [-0.15, -0.1) is 0 Å². The summed E-state index contributed by atoms with van der Waals surface area (Å²) in [5.74, 6) is -30.6. The summed E-state index contributed by atoms with van der Waals surface area (Å²) in [7, 11) is 0. The fourth-order valence-electron chi connectivity index (χ4n) is 7.53. The number of hydrogen-bond donors (Lipinski definition) is 16. The molecule has 0 unspecified atom stereocenters. The lowest BCUT2D eigenvalue weighted by atomic mass is 9.91. The van der Waals surface area contributed by atoms with E-state index in [1.807, 2.05) is 0 Å². The van der Waals surface area contributed by atoms with Gasteiger partial charge in [-0.3, -0.25) is 0 Å². The topological polar surface area (TPSA) is 464 Å². The summed E-state index contributed by atoms with van der Waals surface area (Å²) in [5, 5.41) is 170. The van der Waals surface area contributed by atoms with E-state index in [-0.39, 0.29) is 0 Å². The Morgan fingerprint density at radius 2 is 0.853 bits per heavy atom. The molecule has 0 aliphatic carbocycles. The Hall–Kier alpha value is -9.63. The van der Waals surface area contributed by atoms with Gasteiger partial charge >= 0.3 is 29.8 Å². The van der Waals surface area contributed by atoms with E-state index < -0.39 is 209 Å². The Kier molecular flexibility index (Phi) is 10.5. The van der Waals surface area contributed by atoms with Crippen LogP contribution in [0.15, 0.2) is 30.3 Å². The Bertz CT molecular complexity index is 3100. The molecule has 1 fully saturated rings. The number of aliphatic hydroxyl groups excluding tert-OH is 1. The first-order valence-electron chi connectivity index (χ1n) is 18.7. The third-order valence-electron chi connectivity index (χ3n) is 10.7. The number of cyclic esters (lactones) is 1. The molecule has 1 saturated heterocycles. The molecular weight excluding hydrogens is 924 g/mol. The number of fused-ring (bicyclic) bond motifs is 9. The van der Waals surface area contributed by atoms with Gasteiger partial charge in [0.25, 0.3) is 0 Å². The number of benzene rings is 5. The molecule has 0 spiro atoms. The second-order valence-electron chi connectivity index (χ2n) is 14.7. The summed E-state index contributed by atoms with van der Waals surface area (Å²) in [5.41, 5.74) is -9.78. The molecule has 27 nitrogen and oxygen atoms in total. The normalized spacial score (nSPS) is 19.9. The Morgan fingerprint density at radius 3 is 1.31 bits per heavy atom. The summed E-state index contributed by atoms with van der Waals surface area (Å²) in [6.07, 6.45) is -11.7. The minimum Gasteiger partial charge on any atom is -0.504 e. The van der Waals surface area contributed by atoms with E-state index in [4.69, 9.17) is 28.4 Å². The maximum atomic E-state index is 14.4. The summed E-state index contributed by atoms with van der Waals surface area (Å²) in [6.45, 7) is -1.25. The number of esters is 4. The van der Waals surface area contributed by atoms with Gasteiger partial charge in [-0.1, -0.05) is 0 Å². The predicted molar refractivity (Wildman–Crippen MR) is 209 cm³/mol. The van der Waals surface area contributed by atoms with Crippen molar-refractivity contribution < 1.29 is 134 Å². The number of rotatable bonds is 3. The van der Waals surface area contributed by atoms with Gasteiger partial charge in [-0.2, -0.15) is 0 Å². The number of aliphatic hydroxyl groups is 1. The first-order valence-corrected chi connectivity index (χ1v) is 18.7. The van der Waals surface area contributed by atoms with E-state index in [1.165, 1.54) is 0 Å². The highest BCUT2D eigenvalue weighted by Gasteiger charge is 2.54. The zero-order valence-corrected chi connectivity index (χ0v) is 33.1. The van der Waals surface area contributed by atoms with Crippen LogP contribution >= 0.6 is 0 Å². The van der Waals surface area contributed by atoms with Crippen LogP contribution in [0.25, 0.3) is 22.3 Å². The second-order valence-corrected chi connectivity index (χ2v) is 14.7. The number of aromatic hydroxyl groups is 14. The smallest absolute Gasteiger partial charge is 0.339 e. The van der Waals surface area contributed by atoms with E-state index in [9.17, 15) is 106 Å². The lowest BCUT2D eigenvalue weighted by Gasteiger charge is -2.43. The Balaban J connectivity index is 1.30. The number of carbonyl (C=O) groups excluding carboxylic acids is 4. The molecule has 0 amide bonds. The highest BCUT2D eigenvalue weighted by Crippen LogP contribution is 2.56. The number of phenols is 14. The summed E-state index contributed by atoms with van der Waals surface area (Å²) < 4.78 is 32.7. The van der Waals surface area contributed by atoms with Gasteiger partial charge in [-0.05, 0) is 18.2 Å². The highest BCUT2D eigenvalue weighted by atomic mass is 16.7. The van der Waals surface area contributed by atoms with Crippen molar-refractivity contribution in [3.63, 3.8) is 0 Å². The van der Waals surface area contributed by atoms with Crippen LogP contribution in [-0.2, 0) is 23.7 Å². The standard InChI is InChI=1S/C41H28O27/c42-12-1-7-20(29(53)24(12)48)21-10(5-16(26(50)30(21)54)64-32-11(36(56)57)4-15(45)25(49)31(32)55)37(58)63-6-17-33(66-38(7)59)34-35(41(62)65-17)68-40(61)9-3-14(44)23(47)28(52)19(9)18-8(39(60)67-34)2-13(43)22(46)27(18)51/h1-5,17,33-35,41-55,62H,6H2,(H,56,57)/t17-,33-,34+,35-,41+/m1/s1. The van der Waals surface area contributed by atoms with Gasteiger partial charge in [0.05, 0.1) is 22.3 Å². The summed E-state index contributed by atoms with van der Waals surface area (Å²) in [6, 6.07) is 2.09. The van der Waals surface area contributed by atoms with Crippen molar-refractivity contribution >= 4 is 29.8 Å². The number of aromatic carboxylic acids is 1. The molecule has 3 aliphatic heterocycles. The molecule has 5 atom stereocenters. The zero-order valence-electron chi connectivity index (χ0n) is 33.1. The van der Waals surface area contributed by atoms with E-state index >= 15 is 0 Å². The molecular formula is C41H28O27. The average molecular weight is 953 g/mol. The van der Waals surface area contributed by atoms with E-state index in [1.54, 1.807) is 0 Å². The molecule has 68 heavy (non-hydrogen) atoms. The first kappa shape index (κ1) is 45.0. The van der Waals surface area contributed by atoms with Gasteiger partial charge in [0.2, 0.25) is 34.5 Å². The predicted octanol–water partition coefficient (Wildman–Crippen LogP) is 1.57. The van der Waals surface area contributed by atoms with Gasteiger partial charge in [0.15, 0.2) is 82.1 Å². The zero-order chi connectivity index (χ0) is 49.7. The Morgan fingerprint density at radius 1 is 0.471 bits per heavy atom. The maximum absolute atomic E-state index is 14.4. The van der Waals surface area contributed by atoms with Crippen LogP contribution in [0.3, 0.4) is 0 Å². The van der Waals surface area contributed by atoms with Crippen molar-refractivity contribution in [2.45, 2.75) is 30.7 Å². The molecule has 3 aliphatic rings. The van der Waals surface area contributed by atoms with Crippen molar-refractivity contribution in [1.82, 2.24) is 0 Å². The number of carbonyl (C=O) groups is 5. The maximum Gasteiger partial charge on any atom is 0.339 e. The number of carboxylic acids is 1. The monoisotopic (exact) mass is 952 g/mol. The molecule has 0 bridgehead atoms. The van der Waals surface area contributed by atoms with Crippen LogP contribution in [0, 0.1) is 0 Å². The molecule has 5 aromatic carbocycles. The van der Waals surface area contributed by atoms with E-state index in [0.717, 1.165) is 0 Å². The average Bonchev–Trinajstić information content (AvgIpc) is 3.30. The number of ether oxygens (including phenoxy) is 6. The van der Waals surface area contributed by atoms with Crippen LogP contribution < -0.4 is 4.74 Å². The van der Waals surface area contributed by atoms with Crippen LogP contribution in [-0.4, -0.2) is 149 Å². The van der Waals surface area contributed by atoms with Gasteiger partial charge < -0.3 is 110 Å². The quantitative estimate of drug-likeness (QED) is 0.0693. The number of phenolic OH excluding ortho intramolecular Hbond substituents is 14. The van der Waals surface area contributed by atoms with Crippen molar-refractivity contribution in [3.8, 4) is 114 Å². The van der Waals surface area contributed by atoms with E-state index in [0.29, 0.717) is 30.3 Å². The van der Waals surface area contributed by atoms with Gasteiger partial charge in [0, 0.05) is 34.4 Å². The van der Waals surface area contributed by atoms with Crippen molar-refractivity contribution in [2.24, 2.45) is 0 Å². The van der Waals surface area contributed by atoms with Crippen LogP contribution in [0.5, 0.6) is 92.0 Å². The van der Waals surface area contributed by atoms with Crippen molar-refractivity contribution in [3.05, 3.63) is 58.1 Å². The summed E-state index contributed by atoms with van der Waals surface area (Å²) >= 11 is 0. The molecule has 16 N–H and O–H groups in total. The second kappa shape index (κ2) is 15.8. The number of carboxylic acid groups (broad SMARTS) is 1. The van der Waals surface area contributed by atoms with Crippen LogP contribution in [0.4, 0.5) is 0 Å². The minimum atomic E-state index is -2.52. The number of hydrogen-bond acceptors (Lipinski definition) is 26. The van der Waals surface area contributed by atoms with Gasteiger partial charge in [0.1, 0.15) is 18.3 Å². The SMILES string of the molecule is O=C(O)c1cc(O)c(O)c(O)c1Oc1cc2c(c(O)c1O)-c1c(cc(O)c(O)c1O)C(=O)O[C@H]1[C@@H]3OC(=O)c4cc(O)c(O)c(O)c4-c4c(cc(O)c(O)c4O)C(=O)O[C@H]3[C@@H](O)O[C@@H]1COC2=O. The molecule has 27 heteroatoms. The van der Waals surface area contributed by atoms with Crippen molar-refractivity contribution in [2.75, 3.05) is 6.61 Å². The summed E-state index contributed by atoms with van der Waals surface area (Å²) in [4.78, 5) is 68.6. The molecule has 354 valence electrons.